The highest BCUT2D eigenvalue weighted by atomic mass is 79.9. The minimum Gasteiger partial charge on any atom is -0.207 e. The molecule has 19 heavy (non-hydrogen) atoms. The lowest BCUT2D eigenvalue weighted by atomic mass is 10.2. The molecule has 2 rings (SSSR count). The fourth-order valence-corrected chi connectivity index (χ4v) is 4.84. The van der Waals surface area contributed by atoms with Crippen LogP contribution >= 0.6 is 27.5 Å². The van der Waals surface area contributed by atoms with Crippen LogP contribution in [0.4, 0.5) is 0 Å². The first-order valence-corrected chi connectivity index (χ1v) is 8.90. The van der Waals surface area contributed by atoms with E-state index in [0.29, 0.717) is 12.5 Å². The van der Waals surface area contributed by atoms with Crippen molar-refractivity contribution in [2.45, 2.75) is 37.6 Å². The van der Waals surface area contributed by atoms with Crippen molar-refractivity contribution in [1.29, 1.82) is 0 Å². The Morgan fingerprint density at radius 1 is 1.42 bits per heavy atom. The van der Waals surface area contributed by atoms with E-state index in [9.17, 15) is 8.42 Å². The Bertz CT molecular complexity index is 570. The predicted molar refractivity (Wildman–Crippen MR) is 80.9 cm³/mol. The smallest absolute Gasteiger partial charge is 0.207 e. The van der Waals surface area contributed by atoms with Crippen LogP contribution in [0, 0.1) is 5.92 Å². The minimum absolute atomic E-state index is 0.145. The SMILES string of the molecule is CC(C)CN(C1CC1)S(=O)(=O)c1ccc(Br)cc1Cl. The van der Waals surface area contributed by atoms with Crippen LogP contribution in [0.1, 0.15) is 26.7 Å². The summed E-state index contributed by atoms with van der Waals surface area (Å²) in [4.78, 5) is 0.199. The summed E-state index contributed by atoms with van der Waals surface area (Å²) in [6.45, 7) is 4.58. The third-order valence-corrected chi connectivity index (χ3v) is 5.87. The fraction of sp³-hybridized carbons (Fsp3) is 0.538. The maximum absolute atomic E-state index is 12.7. The molecule has 0 radical (unpaired) electrons. The van der Waals surface area contributed by atoms with Gasteiger partial charge in [0.05, 0.1) is 5.02 Å². The van der Waals surface area contributed by atoms with Gasteiger partial charge in [0.15, 0.2) is 0 Å². The lowest BCUT2D eigenvalue weighted by Crippen LogP contribution is -2.36. The molecule has 1 aromatic rings. The molecule has 0 N–H and O–H groups in total. The number of rotatable bonds is 5. The Morgan fingerprint density at radius 3 is 2.53 bits per heavy atom. The van der Waals surface area contributed by atoms with E-state index < -0.39 is 10.0 Å². The highest BCUT2D eigenvalue weighted by molar-refractivity contribution is 9.10. The number of hydrogen-bond acceptors (Lipinski definition) is 2. The van der Waals surface area contributed by atoms with E-state index >= 15 is 0 Å². The van der Waals surface area contributed by atoms with Gasteiger partial charge in [0, 0.05) is 17.1 Å². The van der Waals surface area contributed by atoms with E-state index in [2.05, 4.69) is 15.9 Å². The van der Waals surface area contributed by atoms with Crippen LogP contribution in [0.15, 0.2) is 27.6 Å². The van der Waals surface area contributed by atoms with Gasteiger partial charge in [-0.15, -0.1) is 0 Å². The van der Waals surface area contributed by atoms with Crippen molar-refractivity contribution in [3.05, 3.63) is 27.7 Å². The van der Waals surface area contributed by atoms with Crippen LogP contribution in [0.3, 0.4) is 0 Å². The molecule has 0 saturated heterocycles. The second kappa shape index (κ2) is 5.72. The van der Waals surface area contributed by atoms with Gasteiger partial charge in [-0.25, -0.2) is 8.42 Å². The minimum atomic E-state index is -3.50. The molecule has 1 aliphatic rings. The molecule has 0 spiro atoms. The van der Waals surface area contributed by atoms with Crippen molar-refractivity contribution < 1.29 is 8.42 Å². The van der Waals surface area contributed by atoms with E-state index in [-0.39, 0.29) is 16.0 Å². The molecule has 1 fully saturated rings. The summed E-state index contributed by atoms with van der Waals surface area (Å²) in [7, 11) is -3.50. The molecule has 6 heteroatoms. The standard InChI is InChI=1S/C13H17BrClNO2S/c1-9(2)8-16(11-4-5-11)19(17,18)13-6-3-10(14)7-12(13)15/h3,6-7,9,11H,4-5,8H2,1-2H3. The van der Waals surface area contributed by atoms with Gasteiger partial charge in [-0.05, 0) is 37.0 Å². The summed E-state index contributed by atoms with van der Waals surface area (Å²) < 4.78 is 27.8. The fourth-order valence-electron chi connectivity index (χ4n) is 1.98. The molecular formula is C13H17BrClNO2S. The highest BCUT2D eigenvalue weighted by Gasteiger charge is 2.39. The summed E-state index contributed by atoms with van der Waals surface area (Å²) in [5.41, 5.74) is 0. The van der Waals surface area contributed by atoms with Gasteiger partial charge in [-0.1, -0.05) is 41.4 Å². The van der Waals surface area contributed by atoms with E-state index in [1.165, 1.54) is 0 Å². The third kappa shape index (κ3) is 3.51. The predicted octanol–water partition coefficient (Wildman–Crippen LogP) is 3.91. The Morgan fingerprint density at radius 2 is 2.05 bits per heavy atom. The number of nitrogens with zero attached hydrogens (tertiary/aromatic N) is 1. The monoisotopic (exact) mass is 365 g/mol. The van der Waals surface area contributed by atoms with Gasteiger partial charge in [0.1, 0.15) is 4.90 Å². The van der Waals surface area contributed by atoms with Crippen LogP contribution in [-0.2, 0) is 10.0 Å². The first-order chi connectivity index (χ1) is 8.82. The zero-order valence-electron chi connectivity index (χ0n) is 10.9. The molecule has 0 amide bonds. The van der Waals surface area contributed by atoms with Crippen LogP contribution < -0.4 is 0 Å². The summed E-state index contributed by atoms with van der Waals surface area (Å²) in [6, 6.07) is 5.04. The summed E-state index contributed by atoms with van der Waals surface area (Å²) >= 11 is 9.37. The van der Waals surface area contributed by atoms with Crippen LogP contribution in [0.2, 0.25) is 5.02 Å². The van der Waals surface area contributed by atoms with Gasteiger partial charge in [-0.2, -0.15) is 4.31 Å². The van der Waals surface area contributed by atoms with Crippen LogP contribution in [0.5, 0.6) is 0 Å². The van der Waals surface area contributed by atoms with E-state index in [1.54, 1.807) is 22.5 Å². The normalized spacial score (nSPS) is 16.3. The first-order valence-electron chi connectivity index (χ1n) is 6.29. The van der Waals surface area contributed by atoms with E-state index in [1.807, 2.05) is 13.8 Å². The number of hydrogen-bond donors (Lipinski definition) is 0. The average Bonchev–Trinajstić information content (AvgIpc) is 3.08. The molecule has 1 aromatic carbocycles. The highest BCUT2D eigenvalue weighted by Crippen LogP contribution is 2.35. The summed E-state index contributed by atoms with van der Waals surface area (Å²) in [5.74, 6) is 0.296. The first kappa shape index (κ1) is 15.3. The molecule has 3 nitrogen and oxygen atoms in total. The van der Waals surface area contributed by atoms with Crippen LogP contribution in [-0.4, -0.2) is 25.3 Å². The molecule has 0 bridgehead atoms. The maximum Gasteiger partial charge on any atom is 0.244 e. The number of halogens is 2. The van der Waals surface area contributed by atoms with Crippen molar-refractivity contribution >= 4 is 37.6 Å². The van der Waals surface area contributed by atoms with Crippen molar-refractivity contribution in [3.63, 3.8) is 0 Å². The lowest BCUT2D eigenvalue weighted by Gasteiger charge is -2.24. The molecule has 1 aliphatic carbocycles. The Labute approximate surface area is 128 Å². The molecule has 0 heterocycles. The lowest BCUT2D eigenvalue weighted by molar-refractivity contribution is 0.360. The second-order valence-electron chi connectivity index (χ2n) is 5.27. The quantitative estimate of drug-likeness (QED) is 0.792. The Kier molecular flexibility index (Phi) is 4.60. The Hall–Kier alpha value is -0.100. The third-order valence-electron chi connectivity index (χ3n) is 2.98. The largest absolute Gasteiger partial charge is 0.244 e. The zero-order chi connectivity index (χ0) is 14.2. The number of benzene rings is 1. The van der Waals surface area contributed by atoms with Crippen molar-refractivity contribution in [2.75, 3.05) is 6.54 Å². The van der Waals surface area contributed by atoms with Gasteiger partial charge in [-0.3, -0.25) is 0 Å². The zero-order valence-corrected chi connectivity index (χ0v) is 14.1. The van der Waals surface area contributed by atoms with Crippen molar-refractivity contribution in [3.8, 4) is 0 Å². The second-order valence-corrected chi connectivity index (χ2v) is 8.46. The summed E-state index contributed by atoms with van der Waals surface area (Å²) in [6.07, 6.45) is 1.89. The number of sulfonamides is 1. The topological polar surface area (TPSA) is 37.4 Å². The molecule has 0 aromatic heterocycles. The Balaban J connectivity index is 2.38. The average molecular weight is 367 g/mol. The summed E-state index contributed by atoms with van der Waals surface area (Å²) in [5, 5.41) is 0.267. The van der Waals surface area contributed by atoms with Gasteiger partial charge in [0.25, 0.3) is 0 Å². The van der Waals surface area contributed by atoms with Crippen molar-refractivity contribution in [1.82, 2.24) is 4.31 Å². The van der Waals surface area contributed by atoms with E-state index in [4.69, 9.17) is 11.6 Å². The molecule has 0 aliphatic heterocycles. The van der Waals surface area contributed by atoms with Gasteiger partial charge in [0.2, 0.25) is 10.0 Å². The molecule has 0 atom stereocenters. The van der Waals surface area contributed by atoms with Crippen LogP contribution in [0.25, 0.3) is 0 Å². The molecule has 0 unspecified atom stereocenters. The molecule has 106 valence electrons. The van der Waals surface area contributed by atoms with E-state index in [0.717, 1.165) is 17.3 Å². The molecule has 1 saturated carbocycles. The van der Waals surface area contributed by atoms with Crippen molar-refractivity contribution in [2.24, 2.45) is 5.92 Å². The van der Waals surface area contributed by atoms with Gasteiger partial charge < -0.3 is 0 Å². The molecular weight excluding hydrogens is 350 g/mol. The maximum atomic E-state index is 12.7. The van der Waals surface area contributed by atoms with Gasteiger partial charge >= 0.3 is 0 Å².